The van der Waals surface area contributed by atoms with E-state index < -0.39 is 11.7 Å². The first-order valence-corrected chi connectivity index (χ1v) is 6.07. The van der Waals surface area contributed by atoms with Gasteiger partial charge in [-0.25, -0.2) is 4.39 Å². The van der Waals surface area contributed by atoms with Gasteiger partial charge < -0.3 is 19.9 Å². The molecular formula is C15H14FNO4. The van der Waals surface area contributed by atoms with Crippen LogP contribution in [-0.4, -0.2) is 25.2 Å². The van der Waals surface area contributed by atoms with E-state index in [4.69, 9.17) is 14.6 Å². The van der Waals surface area contributed by atoms with Gasteiger partial charge in [0.15, 0.2) is 0 Å². The maximum atomic E-state index is 13.6. The van der Waals surface area contributed by atoms with Crippen LogP contribution >= 0.6 is 0 Å². The SMILES string of the molecule is COc1ccc(NC(=O)c2ccc(O)cc2F)c(OC)c1. The molecule has 0 aromatic heterocycles. The average molecular weight is 291 g/mol. The van der Waals surface area contributed by atoms with Crippen LogP contribution in [0.25, 0.3) is 0 Å². The normalized spacial score (nSPS) is 10.0. The van der Waals surface area contributed by atoms with Crippen molar-refractivity contribution in [3.63, 3.8) is 0 Å². The van der Waals surface area contributed by atoms with E-state index in [1.807, 2.05) is 0 Å². The fraction of sp³-hybridized carbons (Fsp3) is 0.133. The summed E-state index contributed by atoms with van der Waals surface area (Å²) in [5.74, 6) is -0.732. The van der Waals surface area contributed by atoms with Crippen molar-refractivity contribution >= 4 is 11.6 Å². The first-order valence-electron chi connectivity index (χ1n) is 6.07. The van der Waals surface area contributed by atoms with Crippen molar-refractivity contribution in [2.45, 2.75) is 0 Å². The molecule has 0 bridgehead atoms. The summed E-state index contributed by atoms with van der Waals surface area (Å²) in [5.41, 5.74) is 0.210. The second-order valence-corrected chi connectivity index (χ2v) is 4.18. The van der Waals surface area contributed by atoms with Crippen LogP contribution in [0.15, 0.2) is 36.4 Å². The Hall–Kier alpha value is -2.76. The van der Waals surface area contributed by atoms with E-state index in [1.54, 1.807) is 18.2 Å². The number of hydrogen-bond acceptors (Lipinski definition) is 4. The predicted octanol–water partition coefficient (Wildman–Crippen LogP) is 2.80. The van der Waals surface area contributed by atoms with Crippen molar-refractivity contribution in [2.24, 2.45) is 0 Å². The smallest absolute Gasteiger partial charge is 0.258 e. The fourth-order valence-corrected chi connectivity index (χ4v) is 1.78. The Bertz CT molecular complexity index is 673. The Kier molecular flexibility index (Phi) is 4.27. The molecule has 2 aromatic rings. The second kappa shape index (κ2) is 6.13. The molecule has 0 atom stereocenters. The molecule has 0 unspecified atom stereocenters. The second-order valence-electron chi connectivity index (χ2n) is 4.18. The third-order valence-corrected chi connectivity index (χ3v) is 2.85. The van der Waals surface area contributed by atoms with Crippen LogP contribution in [-0.2, 0) is 0 Å². The highest BCUT2D eigenvalue weighted by Crippen LogP contribution is 2.29. The van der Waals surface area contributed by atoms with Gasteiger partial charge in [0.1, 0.15) is 23.1 Å². The monoisotopic (exact) mass is 291 g/mol. The number of carbonyl (C=O) groups excluding carboxylic acids is 1. The summed E-state index contributed by atoms with van der Waals surface area (Å²) >= 11 is 0. The molecule has 0 saturated carbocycles. The lowest BCUT2D eigenvalue weighted by Gasteiger charge is -2.12. The molecule has 0 aliphatic heterocycles. The number of phenols is 1. The van der Waals surface area contributed by atoms with Gasteiger partial charge in [-0.3, -0.25) is 4.79 Å². The number of phenolic OH excluding ortho intramolecular Hbond substituents is 1. The van der Waals surface area contributed by atoms with Crippen molar-refractivity contribution < 1.29 is 23.8 Å². The summed E-state index contributed by atoms with van der Waals surface area (Å²) in [4.78, 5) is 12.0. The Morgan fingerprint density at radius 1 is 1.14 bits per heavy atom. The third-order valence-electron chi connectivity index (χ3n) is 2.85. The molecule has 0 saturated heterocycles. The Labute approximate surface area is 120 Å². The van der Waals surface area contributed by atoms with Crippen molar-refractivity contribution in [1.82, 2.24) is 0 Å². The van der Waals surface area contributed by atoms with Gasteiger partial charge in [-0.1, -0.05) is 0 Å². The first-order chi connectivity index (χ1) is 10.0. The number of methoxy groups -OCH3 is 2. The molecule has 6 heteroatoms. The van der Waals surface area contributed by atoms with Gasteiger partial charge in [0.05, 0.1) is 25.5 Å². The lowest BCUT2D eigenvalue weighted by Crippen LogP contribution is -2.14. The number of amides is 1. The van der Waals surface area contributed by atoms with Crippen LogP contribution in [0.3, 0.4) is 0 Å². The Morgan fingerprint density at radius 3 is 2.52 bits per heavy atom. The minimum Gasteiger partial charge on any atom is -0.508 e. The molecule has 0 aliphatic rings. The van der Waals surface area contributed by atoms with Crippen LogP contribution < -0.4 is 14.8 Å². The summed E-state index contributed by atoms with van der Waals surface area (Å²) < 4.78 is 23.8. The third kappa shape index (κ3) is 3.22. The van der Waals surface area contributed by atoms with Crippen molar-refractivity contribution in [1.29, 1.82) is 0 Å². The van der Waals surface area contributed by atoms with Crippen molar-refractivity contribution in [2.75, 3.05) is 19.5 Å². The van der Waals surface area contributed by atoms with Crippen LogP contribution in [0.4, 0.5) is 10.1 Å². The Balaban J connectivity index is 2.27. The molecule has 0 aliphatic carbocycles. The van der Waals surface area contributed by atoms with Crippen LogP contribution in [0.1, 0.15) is 10.4 Å². The van der Waals surface area contributed by atoms with E-state index in [2.05, 4.69) is 5.32 Å². The molecule has 110 valence electrons. The molecule has 0 heterocycles. The average Bonchev–Trinajstić information content (AvgIpc) is 2.47. The first kappa shape index (κ1) is 14.6. The van der Waals surface area contributed by atoms with E-state index in [0.29, 0.717) is 17.2 Å². The van der Waals surface area contributed by atoms with Gasteiger partial charge in [0, 0.05) is 12.1 Å². The van der Waals surface area contributed by atoms with Gasteiger partial charge in [-0.05, 0) is 24.3 Å². The molecule has 21 heavy (non-hydrogen) atoms. The van der Waals surface area contributed by atoms with Gasteiger partial charge in [0.2, 0.25) is 0 Å². The molecule has 1 amide bonds. The quantitative estimate of drug-likeness (QED) is 0.909. The van der Waals surface area contributed by atoms with Gasteiger partial charge in [-0.15, -0.1) is 0 Å². The summed E-state index contributed by atoms with van der Waals surface area (Å²) in [7, 11) is 2.96. The number of aromatic hydroxyl groups is 1. The predicted molar refractivity (Wildman–Crippen MR) is 75.6 cm³/mol. The number of nitrogens with one attached hydrogen (secondary N) is 1. The number of anilines is 1. The number of halogens is 1. The molecule has 2 aromatic carbocycles. The highest BCUT2D eigenvalue weighted by Gasteiger charge is 2.14. The van der Waals surface area contributed by atoms with Gasteiger partial charge >= 0.3 is 0 Å². The van der Waals surface area contributed by atoms with Crippen LogP contribution in [0, 0.1) is 5.82 Å². The molecule has 0 spiro atoms. The van der Waals surface area contributed by atoms with E-state index in [-0.39, 0.29) is 11.3 Å². The minimum absolute atomic E-state index is 0.175. The minimum atomic E-state index is -0.806. The van der Waals surface area contributed by atoms with E-state index in [9.17, 15) is 9.18 Å². The van der Waals surface area contributed by atoms with Gasteiger partial charge in [-0.2, -0.15) is 0 Å². The summed E-state index contributed by atoms with van der Waals surface area (Å²) in [6.07, 6.45) is 0. The molecule has 0 fully saturated rings. The zero-order valence-corrected chi connectivity index (χ0v) is 11.5. The number of rotatable bonds is 4. The highest BCUT2D eigenvalue weighted by molar-refractivity contribution is 6.05. The molecular weight excluding hydrogens is 277 g/mol. The number of ether oxygens (including phenoxy) is 2. The Morgan fingerprint density at radius 2 is 1.90 bits per heavy atom. The van der Waals surface area contributed by atoms with E-state index in [0.717, 1.165) is 6.07 Å². The summed E-state index contributed by atoms with van der Waals surface area (Å²) in [6, 6.07) is 8.15. The lowest BCUT2D eigenvalue weighted by atomic mass is 10.2. The zero-order valence-electron chi connectivity index (χ0n) is 11.5. The van der Waals surface area contributed by atoms with Crippen LogP contribution in [0.5, 0.6) is 17.2 Å². The van der Waals surface area contributed by atoms with Crippen molar-refractivity contribution in [3.8, 4) is 17.2 Å². The molecule has 2 rings (SSSR count). The molecule has 0 radical (unpaired) electrons. The largest absolute Gasteiger partial charge is 0.508 e. The number of hydrogen-bond donors (Lipinski definition) is 2. The zero-order chi connectivity index (χ0) is 15.4. The number of benzene rings is 2. The molecule has 5 nitrogen and oxygen atoms in total. The number of carbonyl (C=O) groups is 1. The standard InChI is InChI=1S/C15H14FNO4/c1-20-10-4-6-13(14(8-10)21-2)17-15(19)11-5-3-9(18)7-12(11)16/h3-8,18H,1-2H3,(H,17,19). The van der Waals surface area contributed by atoms with Gasteiger partial charge in [0.25, 0.3) is 5.91 Å². The topological polar surface area (TPSA) is 67.8 Å². The fourth-order valence-electron chi connectivity index (χ4n) is 1.78. The van der Waals surface area contributed by atoms with E-state index in [1.165, 1.54) is 26.4 Å². The maximum Gasteiger partial charge on any atom is 0.258 e. The highest BCUT2D eigenvalue weighted by atomic mass is 19.1. The summed E-state index contributed by atoms with van der Waals surface area (Å²) in [5, 5.41) is 11.7. The van der Waals surface area contributed by atoms with Crippen LogP contribution in [0.2, 0.25) is 0 Å². The van der Waals surface area contributed by atoms with Crippen molar-refractivity contribution in [3.05, 3.63) is 47.8 Å². The summed E-state index contributed by atoms with van der Waals surface area (Å²) in [6.45, 7) is 0. The molecule has 2 N–H and O–H groups in total. The maximum absolute atomic E-state index is 13.6. The lowest BCUT2D eigenvalue weighted by molar-refractivity contribution is 0.102. The van der Waals surface area contributed by atoms with E-state index >= 15 is 0 Å².